The number of amides is 1. The lowest BCUT2D eigenvalue weighted by molar-refractivity contribution is 0.0998. The molecular weight excluding hydrogens is 324 g/mol. The SMILES string of the molecule is CC(C)c1csc(CCc2ccn3c(=O)c(C(N)=O)cnc3c2)n1. The van der Waals surface area contributed by atoms with Crippen molar-refractivity contribution in [1.29, 1.82) is 0 Å². The fraction of sp³-hybridized carbons (Fsp3) is 0.294. The van der Waals surface area contributed by atoms with E-state index in [1.165, 1.54) is 10.6 Å². The largest absolute Gasteiger partial charge is 0.365 e. The third kappa shape index (κ3) is 3.21. The van der Waals surface area contributed by atoms with Gasteiger partial charge in [0.15, 0.2) is 0 Å². The van der Waals surface area contributed by atoms with Gasteiger partial charge in [-0.1, -0.05) is 13.8 Å². The number of nitrogens with two attached hydrogens (primary N) is 1. The monoisotopic (exact) mass is 342 g/mol. The fourth-order valence-electron chi connectivity index (χ4n) is 2.40. The lowest BCUT2D eigenvalue weighted by Crippen LogP contribution is -2.27. The first-order valence-electron chi connectivity index (χ1n) is 7.70. The molecular formula is C17H18N4O2S. The van der Waals surface area contributed by atoms with E-state index in [9.17, 15) is 9.59 Å². The molecule has 0 saturated heterocycles. The smallest absolute Gasteiger partial charge is 0.270 e. The number of rotatable bonds is 5. The minimum atomic E-state index is -0.768. The van der Waals surface area contributed by atoms with Crippen molar-refractivity contribution in [3.05, 3.63) is 62.1 Å². The highest BCUT2D eigenvalue weighted by Gasteiger charge is 2.10. The van der Waals surface area contributed by atoms with Crippen LogP contribution in [-0.2, 0) is 12.8 Å². The van der Waals surface area contributed by atoms with Crippen LogP contribution in [0.25, 0.3) is 5.65 Å². The standard InChI is InChI=1S/C17H18N4O2S/c1-10(2)13-9-24-15(20-13)4-3-11-5-6-21-14(7-11)19-8-12(16(18)22)17(21)23/h5-10H,3-4H2,1-2H3,(H2,18,22). The predicted molar refractivity (Wildman–Crippen MR) is 93.6 cm³/mol. The fourth-order valence-corrected chi connectivity index (χ4v) is 3.36. The van der Waals surface area contributed by atoms with E-state index in [-0.39, 0.29) is 5.56 Å². The Morgan fingerprint density at radius 3 is 2.83 bits per heavy atom. The van der Waals surface area contributed by atoms with Crippen molar-refractivity contribution in [3.63, 3.8) is 0 Å². The Kier molecular flexibility index (Phi) is 4.44. The van der Waals surface area contributed by atoms with Crippen LogP contribution in [0, 0.1) is 0 Å². The van der Waals surface area contributed by atoms with Gasteiger partial charge in [-0.15, -0.1) is 11.3 Å². The Labute approximate surface area is 143 Å². The summed E-state index contributed by atoms with van der Waals surface area (Å²) in [6.07, 6.45) is 4.53. The van der Waals surface area contributed by atoms with E-state index in [0.29, 0.717) is 11.6 Å². The molecule has 0 spiro atoms. The number of fused-ring (bicyclic) bond motifs is 1. The molecule has 1 amide bonds. The summed E-state index contributed by atoms with van der Waals surface area (Å²) in [5.74, 6) is -0.332. The van der Waals surface area contributed by atoms with Gasteiger partial charge in [-0.25, -0.2) is 9.97 Å². The normalized spacial score (nSPS) is 11.3. The van der Waals surface area contributed by atoms with Gasteiger partial charge >= 0.3 is 0 Å². The van der Waals surface area contributed by atoms with Gasteiger partial charge in [-0.05, 0) is 30.0 Å². The van der Waals surface area contributed by atoms with Crippen LogP contribution < -0.4 is 11.3 Å². The molecule has 0 fully saturated rings. The number of primary amides is 1. The Hall–Kier alpha value is -2.54. The molecule has 0 atom stereocenters. The van der Waals surface area contributed by atoms with Gasteiger partial charge in [0.05, 0.1) is 10.7 Å². The number of carbonyl (C=O) groups excluding carboxylic acids is 1. The average molecular weight is 342 g/mol. The molecule has 0 bridgehead atoms. The Balaban J connectivity index is 1.82. The quantitative estimate of drug-likeness (QED) is 0.769. The molecule has 0 saturated carbocycles. The highest BCUT2D eigenvalue weighted by atomic mass is 32.1. The molecule has 24 heavy (non-hydrogen) atoms. The van der Waals surface area contributed by atoms with Crippen LogP contribution in [0.3, 0.4) is 0 Å². The number of hydrogen-bond donors (Lipinski definition) is 1. The maximum absolute atomic E-state index is 12.1. The van der Waals surface area contributed by atoms with Crippen molar-refractivity contribution in [1.82, 2.24) is 14.4 Å². The summed E-state index contributed by atoms with van der Waals surface area (Å²) in [6.45, 7) is 4.26. The topological polar surface area (TPSA) is 90.3 Å². The first kappa shape index (κ1) is 16.3. The first-order chi connectivity index (χ1) is 11.5. The molecule has 2 N–H and O–H groups in total. The second-order valence-electron chi connectivity index (χ2n) is 5.93. The van der Waals surface area contributed by atoms with Gasteiger partial charge in [0, 0.05) is 24.2 Å². The van der Waals surface area contributed by atoms with Gasteiger partial charge < -0.3 is 5.73 Å². The zero-order valence-electron chi connectivity index (χ0n) is 13.5. The number of hydrogen-bond acceptors (Lipinski definition) is 5. The van der Waals surface area contributed by atoms with Crippen LogP contribution in [0.4, 0.5) is 0 Å². The second-order valence-corrected chi connectivity index (χ2v) is 6.87. The second kappa shape index (κ2) is 6.52. The van der Waals surface area contributed by atoms with Crippen LogP contribution >= 0.6 is 11.3 Å². The molecule has 7 heteroatoms. The zero-order chi connectivity index (χ0) is 17.3. The molecule has 3 aromatic rings. The van der Waals surface area contributed by atoms with E-state index < -0.39 is 11.5 Å². The molecule has 0 aliphatic carbocycles. The molecule has 0 unspecified atom stereocenters. The van der Waals surface area contributed by atoms with E-state index in [0.717, 1.165) is 29.1 Å². The molecule has 0 aliphatic heterocycles. The summed E-state index contributed by atoms with van der Waals surface area (Å²) in [7, 11) is 0. The zero-order valence-corrected chi connectivity index (χ0v) is 14.3. The molecule has 3 heterocycles. The average Bonchev–Trinajstić information content (AvgIpc) is 3.02. The molecule has 3 aromatic heterocycles. The van der Waals surface area contributed by atoms with Gasteiger partial charge in [0.2, 0.25) is 0 Å². The number of aryl methyl sites for hydroxylation is 2. The first-order valence-corrected chi connectivity index (χ1v) is 8.58. The van der Waals surface area contributed by atoms with E-state index >= 15 is 0 Å². The van der Waals surface area contributed by atoms with E-state index in [4.69, 9.17) is 5.73 Å². The maximum Gasteiger partial charge on any atom is 0.270 e. The minimum Gasteiger partial charge on any atom is -0.365 e. The Bertz CT molecular complexity index is 959. The Morgan fingerprint density at radius 2 is 2.17 bits per heavy atom. The summed E-state index contributed by atoms with van der Waals surface area (Å²) in [4.78, 5) is 32.1. The molecule has 0 aromatic carbocycles. The summed E-state index contributed by atoms with van der Waals surface area (Å²) >= 11 is 1.68. The van der Waals surface area contributed by atoms with Crippen LogP contribution in [0.2, 0.25) is 0 Å². The number of carbonyl (C=O) groups is 1. The number of pyridine rings is 1. The molecule has 3 rings (SSSR count). The number of thiazole rings is 1. The highest BCUT2D eigenvalue weighted by Crippen LogP contribution is 2.19. The lowest BCUT2D eigenvalue weighted by Gasteiger charge is -2.05. The van der Waals surface area contributed by atoms with E-state index in [1.807, 2.05) is 12.1 Å². The molecule has 0 radical (unpaired) electrons. The number of nitrogens with zero attached hydrogens (tertiary/aromatic N) is 3. The van der Waals surface area contributed by atoms with E-state index in [1.54, 1.807) is 17.5 Å². The minimum absolute atomic E-state index is 0.107. The van der Waals surface area contributed by atoms with Gasteiger partial charge in [0.25, 0.3) is 11.5 Å². The molecule has 124 valence electrons. The van der Waals surface area contributed by atoms with Gasteiger partial charge in [0.1, 0.15) is 11.2 Å². The van der Waals surface area contributed by atoms with Crippen molar-refractivity contribution in [2.75, 3.05) is 0 Å². The third-order valence-electron chi connectivity index (χ3n) is 3.83. The van der Waals surface area contributed by atoms with Crippen LogP contribution in [0.5, 0.6) is 0 Å². The summed E-state index contributed by atoms with van der Waals surface area (Å²) < 4.78 is 1.34. The van der Waals surface area contributed by atoms with Crippen LogP contribution in [0.1, 0.15) is 46.4 Å². The van der Waals surface area contributed by atoms with E-state index in [2.05, 4.69) is 29.2 Å². The Morgan fingerprint density at radius 1 is 1.38 bits per heavy atom. The number of aromatic nitrogens is 3. The molecule has 0 aliphatic rings. The predicted octanol–water partition coefficient (Wildman–Crippen LogP) is 2.16. The van der Waals surface area contributed by atoms with Crippen LogP contribution in [0.15, 0.2) is 34.7 Å². The summed E-state index contributed by atoms with van der Waals surface area (Å²) in [6, 6.07) is 3.71. The van der Waals surface area contributed by atoms with Crippen molar-refractivity contribution in [2.45, 2.75) is 32.6 Å². The van der Waals surface area contributed by atoms with Crippen molar-refractivity contribution < 1.29 is 4.79 Å². The highest BCUT2D eigenvalue weighted by molar-refractivity contribution is 7.09. The molecule has 6 nitrogen and oxygen atoms in total. The lowest BCUT2D eigenvalue weighted by atomic mass is 10.1. The van der Waals surface area contributed by atoms with Crippen LogP contribution in [-0.4, -0.2) is 20.3 Å². The maximum atomic E-state index is 12.1. The summed E-state index contributed by atoms with van der Waals surface area (Å²) in [5.41, 5.74) is 7.32. The van der Waals surface area contributed by atoms with Gasteiger partial charge in [-0.2, -0.15) is 0 Å². The van der Waals surface area contributed by atoms with Crippen molar-refractivity contribution in [3.8, 4) is 0 Å². The van der Waals surface area contributed by atoms with Gasteiger partial charge in [-0.3, -0.25) is 14.0 Å². The van der Waals surface area contributed by atoms with Crippen molar-refractivity contribution >= 4 is 22.9 Å². The van der Waals surface area contributed by atoms with Crippen molar-refractivity contribution in [2.24, 2.45) is 5.73 Å². The third-order valence-corrected chi connectivity index (χ3v) is 4.75. The summed E-state index contributed by atoms with van der Waals surface area (Å²) in [5, 5.41) is 3.21.